The highest BCUT2D eigenvalue weighted by Crippen LogP contribution is 2.29. The molecule has 1 aromatic carbocycles. The van der Waals surface area contributed by atoms with Gasteiger partial charge in [0.1, 0.15) is 0 Å². The largest absolute Gasteiger partial charge is 0.411 e. The minimum absolute atomic E-state index is 0.0104. The minimum Gasteiger partial charge on any atom is -0.411 e. The van der Waals surface area contributed by atoms with Gasteiger partial charge in [-0.1, -0.05) is 55.3 Å². The Kier molecular flexibility index (Phi) is 5.79. The fourth-order valence-electron chi connectivity index (χ4n) is 2.92. The number of benzene rings is 1. The zero-order valence-corrected chi connectivity index (χ0v) is 15.1. The molecule has 1 amide bonds. The summed E-state index contributed by atoms with van der Waals surface area (Å²) in [5.74, 6) is 1.19. The van der Waals surface area contributed by atoms with Crippen molar-refractivity contribution in [2.45, 2.75) is 43.9 Å². The number of carbonyl (C=O) groups excluding carboxylic acids is 1. The van der Waals surface area contributed by atoms with Crippen LogP contribution in [-0.2, 0) is 4.79 Å². The zero-order chi connectivity index (χ0) is 16.9. The van der Waals surface area contributed by atoms with Crippen molar-refractivity contribution in [2.24, 2.45) is 5.92 Å². The first-order valence-electron chi connectivity index (χ1n) is 8.14. The predicted octanol–water partition coefficient (Wildman–Crippen LogP) is 4.18. The van der Waals surface area contributed by atoms with Crippen LogP contribution in [0, 0.1) is 5.92 Å². The minimum atomic E-state index is 0.0104. The molecule has 1 aliphatic rings. The van der Waals surface area contributed by atoms with E-state index in [-0.39, 0.29) is 17.7 Å². The van der Waals surface area contributed by atoms with E-state index in [1.807, 2.05) is 18.2 Å². The van der Waals surface area contributed by atoms with E-state index in [4.69, 9.17) is 16.0 Å². The van der Waals surface area contributed by atoms with Gasteiger partial charge in [-0.15, -0.1) is 10.2 Å². The van der Waals surface area contributed by atoms with Crippen LogP contribution in [0.15, 0.2) is 33.9 Å². The highest BCUT2D eigenvalue weighted by molar-refractivity contribution is 7.99. The van der Waals surface area contributed by atoms with Crippen molar-refractivity contribution in [3.63, 3.8) is 0 Å². The third-order valence-electron chi connectivity index (χ3n) is 4.30. The molecule has 0 saturated heterocycles. The summed E-state index contributed by atoms with van der Waals surface area (Å²) in [7, 11) is 0. The van der Waals surface area contributed by atoms with Crippen molar-refractivity contribution in [2.75, 3.05) is 5.75 Å². The fraction of sp³-hybridized carbons (Fsp3) is 0.471. The molecule has 2 atom stereocenters. The number of nitrogens with one attached hydrogen (secondary N) is 1. The van der Waals surface area contributed by atoms with Gasteiger partial charge in [0.05, 0.1) is 16.3 Å². The quantitative estimate of drug-likeness (QED) is 0.805. The van der Waals surface area contributed by atoms with Gasteiger partial charge in [-0.2, -0.15) is 0 Å². The van der Waals surface area contributed by atoms with Crippen molar-refractivity contribution >= 4 is 29.3 Å². The molecule has 5 nitrogen and oxygen atoms in total. The molecule has 0 aliphatic heterocycles. The summed E-state index contributed by atoms with van der Waals surface area (Å²) in [5, 5.41) is 12.0. The first-order chi connectivity index (χ1) is 11.6. The maximum Gasteiger partial charge on any atom is 0.277 e. The summed E-state index contributed by atoms with van der Waals surface area (Å²) < 4.78 is 5.59. The summed E-state index contributed by atoms with van der Waals surface area (Å²) in [6, 6.07) is 7.58. The first-order valence-corrected chi connectivity index (χ1v) is 9.50. The Labute approximate surface area is 150 Å². The summed E-state index contributed by atoms with van der Waals surface area (Å²) in [5.41, 5.74) is 0.694. The Bertz CT molecular complexity index is 707. The van der Waals surface area contributed by atoms with E-state index in [0.717, 1.165) is 6.42 Å². The first kappa shape index (κ1) is 17.3. The van der Waals surface area contributed by atoms with Gasteiger partial charge in [-0.25, -0.2) is 0 Å². The van der Waals surface area contributed by atoms with Gasteiger partial charge in [-0.05, 0) is 30.9 Å². The van der Waals surface area contributed by atoms with E-state index >= 15 is 0 Å². The topological polar surface area (TPSA) is 68.0 Å². The van der Waals surface area contributed by atoms with E-state index < -0.39 is 0 Å². The van der Waals surface area contributed by atoms with Crippen LogP contribution in [0.3, 0.4) is 0 Å². The second-order valence-corrected chi connectivity index (χ2v) is 7.41. The summed E-state index contributed by atoms with van der Waals surface area (Å²) in [6.07, 6.45) is 4.69. The Morgan fingerprint density at radius 3 is 2.92 bits per heavy atom. The lowest BCUT2D eigenvalue weighted by Gasteiger charge is -2.29. The Balaban J connectivity index is 1.54. The van der Waals surface area contributed by atoms with E-state index in [1.165, 1.54) is 31.0 Å². The molecule has 128 valence electrons. The van der Waals surface area contributed by atoms with Gasteiger partial charge in [0.2, 0.25) is 11.8 Å². The lowest BCUT2D eigenvalue weighted by Crippen LogP contribution is -2.41. The van der Waals surface area contributed by atoms with Gasteiger partial charge < -0.3 is 9.73 Å². The molecule has 0 bridgehead atoms. The van der Waals surface area contributed by atoms with Crippen molar-refractivity contribution in [1.82, 2.24) is 15.5 Å². The lowest BCUT2D eigenvalue weighted by molar-refractivity contribution is -0.119. The number of hydrogen-bond acceptors (Lipinski definition) is 5. The maximum absolute atomic E-state index is 12.1. The molecular weight excluding hydrogens is 346 g/mol. The highest BCUT2D eigenvalue weighted by atomic mass is 35.5. The van der Waals surface area contributed by atoms with Gasteiger partial charge in [-0.3, -0.25) is 4.79 Å². The SMILES string of the molecule is CC1CCCCC1NC(=O)CSc1nnc(-c2ccccc2Cl)o1. The number of rotatable bonds is 5. The van der Waals surface area contributed by atoms with Crippen LogP contribution < -0.4 is 5.32 Å². The van der Waals surface area contributed by atoms with Crippen LogP contribution in [0.25, 0.3) is 11.5 Å². The summed E-state index contributed by atoms with van der Waals surface area (Å²) in [6.45, 7) is 2.20. The standard InChI is InChI=1S/C17H20ClN3O2S/c1-11-6-2-5-9-14(11)19-15(22)10-24-17-21-20-16(23-17)12-7-3-4-8-13(12)18/h3-4,7-8,11,14H,2,5-6,9-10H2,1H3,(H,19,22). The monoisotopic (exact) mass is 365 g/mol. The van der Waals surface area contributed by atoms with E-state index in [0.29, 0.717) is 27.6 Å². The Hall–Kier alpha value is -1.53. The highest BCUT2D eigenvalue weighted by Gasteiger charge is 2.23. The third kappa shape index (κ3) is 4.30. The molecule has 1 aromatic heterocycles. The average molecular weight is 366 g/mol. The molecule has 1 fully saturated rings. The molecule has 7 heteroatoms. The Morgan fingerprint density at radius 1 is 1.33 bits per heavy atom. The third-order valence-corrected chi connectivity index (χ3v) is 5.44. The van der Waals surface area contributed by atoms with Crippen LogP contribution in [0.2, 0.25) is 5.02 Å². The number of thioether (sulfide) groups is 1. The molecule has 0 spiro atoms. The lowest BCUT2D eigenvalue weighted by atomic mass is 9.86. The van der Waals surface area contributed by atoms with Crippen LogP contribution in [0.1, 0.15) is 32.6 Å². The van der Waals surface area contributed by atoms with Gasteiger partial charge in [0, 0.05) is 6.04 Å². The number of halogens is 1. The van der Waals surface area contributed by atoms with Crippen molar-refractivity contribution in [3.05, 3.63) is 29.3 Å². The van der Waals surface area contributed by atoms with Gasteiger partial charge >= 0.3 is 0 Å². The molecule has 0 radical (unpaired) electrons. The normalized spacial score (nSPS) is 20.8. The van der Waals surface area contributed by atoms with Crippen molar-refractivity contribution in [1.29, 1.82) is 0 Å². The zero-order valence-electron chi connectivity index (χ0n) is 13.5. The van der Waals surface area contributed by atoms with E-state index in [1.54, 1.807) is 6.07 Å². The van der Waals surface area contributed by atoms with Crippen LogP contribution in [0.5, 0.6) is 0 Å². The van der Waals surface area contributed by atoms with Gasteiger partial charge in [0.15, 0.2) is 0 Å². The average Bonchev–Trinajstić information content (AvgIpc) is 3.04. The fourth-order valence-corrected chi connectivity index (χ4v) is 3.71. The molecule has 2 unspecified atom stereocenters. The van der Waals surface area contributed by atoms with E-state index in [9.17, 15) is 4.79 Å². The predicted molar refractivity (Wildman–Crippen MR) is 95.0 cm³/mol. The number of carbonyl (C=O) groups is 1. The molecule has 3 rings (SSSR count). The van der Waals surface area contributed by atoms with Gasteiger partial charge in [0.25, 0.3) is 5.22 Å². The van der Waals surface area contributed by atoms with Crippen LogP contribution >= 0.6 is 23.4 Å². The number of amides is 1. The number of aromatic nitrogens is 2. The smallest absolute Gasteiger partial charge is 0.277 e. The molecule has 24 heavy (non-hydrogen) atoms. The summed E-state index contributed by atoms with van der Waals surface area (Å²) >= 11 is 7.36. The molecule has 1 saturated carbocycles. The molecule has 1 N–H and O–H groups in total. The van der Waals surface area contributed by atoms with E-state index in [2.05, 4.69) is 22.4 Å². The molecule has 1 heterocycles. The van der Waals surface area contributed by atoms with Crippen molar-refractivity contribution < 1.29 is 9.21 Å². The second kappa shape index (κ2) is 8.03. The second-order valence-electron chi connectivity index (χ2n) is 6.08. The molecule has 1 aliphatic carbocycles. The summed E-state index contributed by atoms with van der Waals surface area (Å²) in [4.78, 5) is 12.1. The molecular formula is C17H20ClN3O2S. The maximum atomic E-state index is 12.1. The van der Waals surface area contributed by atoms with Crippen LogP contribution in [0.4, 0.5) is 0 Å². The number of hydrogen-bond donors (Lipinski definition) is 1. The number of nitrogens with zero attached hydrogens (tertiary/aromatic N) is 2. The molecule has 2 aromatic rings. The Morgan fingerprint density at radius 2 is 2.12 bits per heavy atom. The van der Waals surface area contributed by atoms with Crippen LogP contribution in [-0.4, -0.2) is 27.9 Å². The van der Waals surface area contributed by atoms with Crippen molar-refractivity contribution in [3.8, 4) is 11.5 Å².